The number of hydrogen-bond acceptors (Lipinski definition) is 5. The first-order valence-electron chi connectivity index (χ1n) is 6.65. The SMILES string of the molecule is COCCC(N)C(=O)Nc1ccccc1-c1n[nH]c(C)n1. The fourth-order valence-electron chi connectivity index (χ4n) is 1.85. The first kappa shape index (κ1) is 15.1. The van der Waals surface area contributed by atoms with E-state index in [1.807, 2.05) is 25.1 Å². The summed E-state index contributed by atoms with van der Waals surface area (Å²) in [5.74, 6) is 0.989. The summed E-state index contributed by atoms with van der Waals surface area (Å²) in [6.45, 7) is 2.26. The molecular weight excluding hydrogens is 270 g/mol. The van der Waals surface area contributed by atoms with Crippen molar-refractivity contribution in [2.75, 3.05) is 19.0 Å². The second-order valence-electron chi connectivity index (χ2n) is 4.67. The number of H-pyrrole nitrogens is 1. The lowest BCUT2D eigenvalue weighted by molar-refractivity contribution is -0.117. The van der Waals surface area contributed by atoms with Gasteiger partial charge in [0.15, 0.2) is 5.82 Å². The maximum absolute atomic E-state index is 12.1. The maximum Gasteiger partial charge on any atom is 0.241 e. The van der Waals surface area contributed by atoms with Crippen LogP contribution in [0.1, 0.15) is 12.2 Å². The van der Waals surface area contributed by atoms with Crippen molar-refractivity contribution in [3.63, 3.8) is 0 Å². The summed E-state index contributed by atoms with van der Waals surface area (Å²) in [6.07, 6.45) is 0.463. The molecule has 2 rings (SSSR count). The summed E-state index contributed by atoms with van der Waals surface area (Å²) in [4.78, 5) is 16.3. The van der Waals surface area contributed by atoms with Crippen molar-refractivity contribution in [2.24, 2.45) is 5.73 Å². The highest BCUT2D eigenvalue weighted by atomic mass is 16.5. The normalized spacial score (nSPS) is 12.1. The Balaban J connectivity index is 2.15. The van der Waals surface area contributed by atoms with Crippen molar-refractivity contribution in [2.45, 2.75) is 19.4 Å². The second kappa shape index (κ2) is 6.96. The lowest BCUT2D eigenvalue weighted by atomic mass is 10.1. The number of carbonyl (C=O) groups excluding carboxylic acids is 1. The number of nitrogens with zero attached hydrogens (tertiary/aromatic N) is 2. The van der Waals surface area contributed by atoms with Gasteiger partial charge in [-0.15, -0.1) is 0 Å². The van der Waals surface area contributed by atoms with E-state index in [9.17, 15) is 4.79 Å². The molecule has 7 nitrogen and oxygen atoms in total. The Labute approximate surface area is 122 Å². The largest absolute Gasteiger partial charge is 0.385 e. The Morgan fingerprint density at radius 2 is 2.24 bits per heavy atom. The molecule has 0 bridgehead atoms. The van der Waals surface area contributed by atoms with Crippen molar-refractivity contribution in [3.8, 4) is 11.4 Å². The Kier molecular flexibility index (Phi) is 5.02. The smallest absolute Gasteiger partial charge is 0.241 e. The van der Waals surface area contributed by atoms with Crippen molar-refractivity contribution in [1.82, 2.24) is 15.2 Å². The lowest BCUT2D eigenvalue weighted by Gasteiger charge is -2.13. The Bertz CT molecular complexity index is 611. The summed E-state index contributed by atoms with van der Waals surface area (Å²) in [5.41, 5.74) is 7.19. The Morgan fingerprint density at radius 3 is 2.90 bits per heavy atom. The van der Waals surface area contributed by atoms with Gasteiger partial charge in [-0.1, -0.05) is 12.1 Å². The molecule has 2 aromatic rings. The summed E-state index contributed by atoms with van der Waals surface area (Å²) in [6, 6.07) is 6.72. The summed E-state index contributed by atoms with van der Waals surface area (Å²) in [5, 5.41) is 9.71. The number of ether oxygens (including phenoxy) is 1. The Morgan fingerprint density at radius 1 is 1.48 bits per heavy atom. The van der Waals surface area contributed by atoms with Gasteiger partial charge in [0, 0.05) is 19.3 Å². The number of rotatable bonds is 6. The highest BCUT2D eigenvalue weighted by Gasteiger charge is 2.16. The highest BCUT2D eigenvalue weighted by molar-refractivity contribution is 5.97. The minimum absolute atomic E-state index is 0.258. The molecule has 7 heteroatoms. The van der Waals surface area contributed by atoms with Gasteiger partial charge in [0.25, 0.3) is 0 Å². The van der Waals surface area contributed by atoms with Gasteiger partial charge >= 0.3 is 0 Å². The average Bonchev–Trinajstić information content (AvgIpc) is 2.91. The van der Waals surface area contributed by atoms with Crippen molar-refractivity contribution in [1.29, 1.82) is 0 Å². The minimum atomic E-state index is -0.619. The molecule has 112 valence electrons. The number of aromatic amines is 1. The van der Waals surface area contributed by atoms with E-state index < -0.39 is 6.04 Å². The number of benzene rings is 1. The number of carbonyl (C=O) groups is 1. The number of nitrogens with two attached hydrogens (primary N) is 1. The van der Waals surface area contributed by atoms with Crippen LogP contribution in [0.3, 0.4) is 0 Å². The molecule has 1 heterocycles. The van der Waals surface area contributed by atoms with Crippen LogP contribution < -0.4 is 11.1 Å². The first-order valence-corrected chi connectivity index (χ1v) is 6.65. The monoisotopic (exact) mass is 289 g/mol. The molecule has 21 heavy (non-hydrogen) atoms. The number of hydrogen-bond donors (Lipinski definition) is 3. The molecule has 0 spiro atoms. The van der Waals surface area contributed by atoms with Gasteiger partial charge in [0.1, 0.15) is 5.82 Å². The van der Waals surface area contributed by atoms with Gasteiger partial charge in [-0.05, 0) is 25.5 Å². The van der Waals surface area contributed by atoms with Gasteiger partial charge in [0.05, 0.1) is 11.7 Å². The second-order valence-corrected chi connectivity index (χ2v) is 4.67. The quantitative estimate of drug-likeness (QED) is 0.738. The summed E-state index contributed by atoms with van der Waals surface area (Å²) < 4.78 is 4.92. The topological polar surface area (TPSA) is 106 Å². The molecule has 0 aliphatic carbocycles. The zero-order valence-corrected chi connectivity index (χ0v) is 12.1. The first-order chi connectivity index (χ1) is 10.1. The lowest BCUT2D eigenvalue weighted by Crippen LogP contribution is -2.36. The average molecular weight is 289 g/mol. The molecular formula is C14H19N5O2. The molecule has 0 aliphatic heterocycles. The zero-order chi connectivity index (χ0) is 15.2. The third-order valence-electron chi connectivity index (χ3n) is 2.99. The van der Waals surface area contributed by atoms with Crippen molar-refractivity contribution >= 4 is 11.6 Å². The molecule has 0 fully saturated rings. The van der Waals surface area contributed by atoms with Crippen LogP contribution in [0.4, 0.5) is 5.69 Å². The zero-order valence-electron chi connectivity index (χ0n) is 12.1. The van der Waals surface area contributed by atoms with Crippen molar-refractivity contribution in [3.05, 3.63) is 30.1 Å². The van der Waals surface area contributed by atoms with Gasteiger partial charge in [0.2, 0.25) is 5.91 Å². The van der Waals surface area contributed by atoms with Crippen LogP contribution >= 0.6 is 0 Å². The molecule has 0 saturated carbocycles. The van der Waals surface area contributed by atoms with Gasteiger partial charge < -0.3 is 15.8 Å². The number of aromatic nitrogens is 3. The van der Waals surface area contributed by atoms with Crippen LogP contribution in [0.25, 0.3) is 11.4 Å². The molecule has 1 aromatic carbocycles. The van der Waals surface area contributed by atoms with Gasteiger partial charge in [-0.25, -0.2) is 4.98 Å². The van der Waals surface area contributed by atoms with Crippen molar-refractivity contribution < 1.29 is 9.53 Å². The van der Waals surface area contributed by atoms with Crippen LogP contribution in [0.5, 0.6) is 0 Å². The van der Waals surface area contributed by atoms with E-state index in [-0.39, 0.29) is 5.91 Å². The molecule has 1 unspecified atom stereocenters. The van der Waals surface area contributed by atoms with E-state index in [0.717, 1.165) is 5.56 Å². The predicted octanol–water partition coefficient (Wildman–Crippen LogP) is 1.08. The summed E-state index contributed by atoms with van der Waals surface area (Å²) >= 11 is 0. The van der Waals surface area contributed by atoms with E-state index in [1.54, 1.807) is 13.2 Å². The maximum atomic E-state index is 12.1. The summed E-state index contributed by atoms with van der Waals surface area (Å²) in [7, 11) is 1.57. The number of methoxy groups -OCH3 is 1. The molecule has 1 aromatic heterocycles. The van der Waals surface area contributed by atoms with E-state index in [2.05, 4.69) is 20.5 Å². The number of anilines is 1. The molecule has 0 radical (unpaired) electrons. The van der Waals surface area contributed by atoms with Crippen LogP contribution in [0.15, 0.2) is 24.3 Å². The fourth-order valence-corrected chi connectivity index (χ4v) is 1.85. The van der Waals surface area contributed by atoms with E-state index in [4.69, 9.17) is 10.5 Å². The minimum Gasteiger partial charge on any atom is -0.385 e. The highest BCUT2D eigenvalue weighted by Crippen LogP contribution is 2.24. The third kappa shape index (κ3) is 3.87. The molecule has 0 aliphatic rings. The van der Waals surface area contributed by atoms with Gasteiger partial charge in [-0.2, -0.15) is 5.10 Å². The fraction of sp³-hybridized carbons (Fsp3) is 0.357. The number of aryl methyl sites for hydroxylation is 1. The van der Waals surface area contributed by atoms with Crippen LogP contribution in [0.2, 0.25) is 0 Å². The number of amides is 1. The third-order valence-corrected chi connectivity index (χ3v) is 2.99. The van der Waals surface area contributed by atoms with Crippen LogP contribution in [0, 0.1) is 6.92 Å². The standard InChI is InChI=1S/C14H19N5O2/c1-9-16-13(19-18-9)10-5-3-4-6-12(10)17-14(20)11(15)7-8-21-2/h3-6,11H,7-8,15H2,1-2H3,(H,17,20)(H,16,18,19). The van der Waals surface area contributed by atoms with Crippen LogP contribution in [-0.4, -0.2) is 40.8 Å². The molecule has 0 saturated heterocycles. The predicted molar refractivity (Wildman–Crippen MR) is 79.7 cm³/mol. The van der Waals surface area contributed by atoms with E-state index in [1.165, 1.54) is 0 Å². The van der Waals surface area contributed by atoms with Gasteiger partial charge in [-0.3, -0.25) is 9.89 Å². The Hall–Kier alpha value is -2.25. The molecule has 1 amide bonds. The van der Waals surface area contributed by atoms with E-state index in [0.29, 0.717) is 30.4 Å². The van der Waals surface area contributed by atoms with E-state index >= 15 is 0 Å². The number of para-hydroxylation sites is 1. The number of nitrogens with one attached hydrogen (secondary N) is 2. The molecule has 1 atom stereocenters. The molecule has 4 N–H and O–H groups in total. The van der Waals surface area contributed by atoms with Crippen LogP contribution in [-0.2, 0) is 9.53 Å².